The topological polar surface area (TPSA) is 142 Å². The predicted molar refractivity (Wildman–Crippen MR) is 102 cm³/mol. The monoisotopic (exact) mass is 417 g/mol. The zero-order valence-electron chi connectivity index (χ0n) is 13.5. The fourth-order valence-corrected chi connectivity index (χ4v) is 3.82. The van der Waals surface area contributed by atoms with Crippen LogP contribution < -0.4 is 20.3 Å². The van der Waals surface area contributed by atoms with E-state index in [1.165, 1.54) is 25.3 Å². The Kier molecular flexibility index (Phi) is 5.81. The van der Waals surface area contributed by atoms with Crippen LogP contribution >= 0.6 is 11.6 Å². The Hall–Kier alpha value is -2.27. The molecule has 0 aliphatic carbocycles. The van der Waals surface area contributed by atoms with Gasteiger partial charge in [0, 0.05) is 16.3 Å². The summed E-state index contributed by atoms with van der Waals surface area (Å²) in [5, 5.41) is 6.38. The van der Waals surface area contributed by atoms with Crippen LogP contribution in [0.1, 0.15) is 5.56 Å². The van der Waals surface area contributed by atoms with Crippen LogP contribution in [0.4, 0.5) is 11.4 Å². The molecule has 0 atom stereocenters. The molecule has 0 amide bonds. The summed E-state index contributed by atoms with van der Waals surface area (Å²) in [7, 11) is -6.79. The van der Waals surface area contributed by atoms with Gasteiger partial charge in [-0.25, -0.2) is 22.0 Å². The van der Waals surface area contributed by atoms with Crippen LogP contribution in [0.2, 0.25) is 5.02 Å². The van der Waals surface area contributed by atoms with E-state index < -0.39 is 24.9 Å². The highest BCUT2D eigenvalue weighted by Crippen LogP contribution is 2.26. The van der Waals surface area contributed by atoms with Gasteiger partial charge in [-0.15, -0.1) is 0 Å². The number of nitrogen functional groups attached to an aromatic ring is 1. The number of rotatable bonds is 6. The van der Waals surface area contributed by atoms with Crippen molar-refractivity contribution in [1.29, 1.82) is 0 Å². The van der Waals surface area contributed by atoms with Gasteiger partial charge in [0.15, 0.2) is 0 Å². The molecule has 0 bridgehead atoms. The fourth-order valence-electron chi connectivity index (χ4n) is 2.05. The number of hydrogen-bond donors (Lipinski definition) is 3. The number of halogens is 1. The van der Waals surface area contributed by atoms with Crippen molar-refractivity contribution in [3.05, 3.63) is 52.4 Å². The zero-order chi connectivity index (χ0) is 19.5. The van der Waals surface area contributed by atoms with Gasteiger partial charge in [-0.2, -0.15) is 0 Å². The van der Waals surface area contributed by atoms with Crippen molar-refractivity contribution in [1.82, 2.24) is 0 Å². The van der Waals surface area contributed by atoms with Crippen LogP contribution in [0.15, 0.2) is 46.7 Å². The van der Waals surface area contributed by atoms with Crippen LogP contribution in [0.25, 0.3) is 6.08 Å². The molecule has 140 valence electrons. The molecule has 0 fully saturated rings. The number of ether oxygens (including phenoxy) is 1. The van der Waals surface area contributed by atoms with Crippen LogP contribution in [-0.2, 0) is 20.0 Å². The summed E-state index contributed by atoms with van der Waals surface area (Å²) in [6, 6.07) is 8.25. The molecule has 0 radical (unpaired) electrons. The number of hydrogen-bond acceptors (Lipinski definition) is 6. The molecule has 2 aromatic carbocycles. The van der Waals surface area contributed by atoms with Crippen molar-refractivity contribution in [2.75, 3.05) is 17.6 Å². The smallest absolute Gasteiger partial charge is 0.255 e. The van der Waals surface area contributed by atoms with Gasteiger partial charge in [0.25, 0.3) is 10.0 Å². The lowest BCUT2D eigenvalue weighted by Crippen LogP contribution is -2.17. The van der Waals surface area contributed by atoms with Crippen molar-refractivity contribution < 1.29 is 21.6 Å². The maximum Gasteiger partial charge on any atom is 0.255 e. The van der Waals surface area contributed by atoms with Crippen LogP contribution in [-0.4, -0.2) is 23.9 Å². The Morgan fingerprint density at radius 2 is 1.81 bits per heavy atom. The van der Waals surface area contributed by atoms with E-state index in [1.54, 1.807) is 12.1 Å². The molecule has 0 saturated heterocycles. The van der Waals surface area contributed by atoms with Crippen molar-refractivity contribution in [2.24, 2.45) is 5.14 Å². The maximum absolute atomic E-state index is 12.3. The number of anilines is 2. The molecule has 26 heavy (non-hydrogen) atoms. The molecule has 5 N–H and O–H groups in total. The van der Waals surface area contributed by atoms with E-state index >= 15 is 0 Å². The fraction of sp³-hybridized carbons (Fsp3) is 0.0667. The highest BCUT2D eigenvalue weighted by atomic mass is 35.5. The Balaban J connectivity index is 2.38. The SMILES string of the molecule is COc1cc(Cl)ccc1/C=C/S(=O)(=O)Nc1cc(N)ccc1S(N)(=O)=O. The minimum atomic E-state index is -4.15. The molecule has 2 rings (SSSR count). The number of benzene rings is 2. The average Bonchev–Trinajstić information content (AvgIpc) is 2.52. The van der Waals surface area contributed by atoms with Crippen molar-refractivity contribution in [3.8, 4) is 5.75 Å². The average molecular weight is 418 g/mol. The van der Waals surface area contributed by atoms with Crippen LogP contribution in [0, 0.1) is 0 Å². The quantitative estimate of drug-likeness (QED) is 0.613. The summed E-state index contributed by atoms with van der Waals surface area (Å²) in [6.45, 7) is 0. The summed E-state index contributed by atoms with van der Waals surface area (Å²) in [4.78, 5) is -0.396. The summed E-state index contributed by atoms with van der Waals surface area (Å²) >= 11 is 5.85. The van der Waals surface area contributed by atoms with Crippen molar-refractivity contribution in [2.45, 2.75) is 4.90 Å². The van der Waals surface area contributed by atoms with Gasteiger partial charge in [-0.05, 0) is 42.5 Å². The molecule has 8 nitrogen and oxygen atoms in total. The summed E-state index contributed by atoms with van der Waals surface area (Å²) < 4.78 is 55.0. The molecule has 0 saturated carbocycles. The van der Waals surface area contributed by atoms with E-state index in [1.807, 2.05) is 0 Å². The lowest BCUT2D eigenvalue weighted by molar-refractivity contribution is 0.414. The van der Waals surface area contributed by atoms with Gasteiger partial charge >= 0.3 is 0 Å². The van der Waals surface area contributed by atoms with Crippen molar-refractivity contribution >= 4 is 49.1 Å². The summed E-state index contributed by atoms with van der Waals surface area (Å²) in [5.74, 6) is 0.373. The van der Waals surface area contributed by atoms with Gasteiger partial charge in [0.2, 0.25) is 10.0 Å². The van der Waals surface area contributed by atoms with Crippen molar-refractivity contribution in [3.63, 3.8) is 0 Å². The highest BCUT2D eigenvalue weighted by Gasteiger charge is 2.17. The maximum atomic E-state index is 12.3. The normalized spacial score (nSPS) is 12.3. The van der Waals surface area contributed by atoms with E-state index in [4.69, 9.17) is 27.2 Å². The molecule has 2 aromatic rings. The Morgan fingerprint density at radius 1 is 1.12 bits per heavy atom. The summed E-state index contributed by atoms with van der Waals surface area (Å²) in [6.07, 6.45) is 1.28. The Labute approximate surface area is 156 Å². The lowest BCUT2D eigenvalue weighted by Gasteiger charge is -2.10. The molecule has 0 aromatic heterocycles. The van der Waals surface area contributed by atoms with E-state index in [9.17, 15) is 16.8 Å². The second kappa shape index (κ2) is 7.54. The molecule has 0 heterocycles. The van der Waals surface area contributed by atoms with Gasteiger partial charge in [0.05, 0.1) is 18.2 Å². The minimum Gasteiger partial charge on any atom is -0.496 e. The third-order valence-corrected chi connectivity index (χ3v) is 5.39. The van der Waals surface area contributed by atoms with E-state index in [0.29, 0.717) is 16.3 Å². The molecular formula is C15H16ClN3O5S2. The largest absolute Gasteiger partial charge is 0.496 e. The minimum absolute atomic E-state index is 0.165. The van der Waals surface area contributed by atoms with Gasteiger partial charge < -0.3 is 10.5 Å². The number of nitrogens with two attached hydrogens (primary N) is 2. The number of methoxy groups -OCH3 is 1. The first-order chi connectivity index (χ1) is 12.0. The molecule has 0 aliphatic rings. The number of nitrogens with one attached hydrogen (secondary N) is 1. The second-order valence-electron chi connectivity index (χ2n) is 5.14. The van der Waals surface area contributed by atoms with Gasteiger partial charge in [-0.1, -0.05) is 11.6 Å². The molecule has 0 aliphatic heterocycles. The van der Waals surface area contributed by atoms with E-state index in [2.05, 4.69) is 4.72 Å². The molecule has 0 unspecified atom stereocenters. The third kappa shape index (κ3) is 5.11. The number of sulfonamides is 2. The molecule has 11 heteroatoms. The first-order valence-corrected chi connectivity index (χ1v) is 10.5. The second-order valence-corrected chi connectivity index (χ2v) is 8.67. The highest BCUT2D eigenvalue weighted by molar-refractivity contribution is 7.95. The zero-order valence-corrected chi connectivity index (χ0v) is 15.9. The molecule has 0 spiro atoms. The van der Waals surface area contributed by atoms with Gasteiger partial charge in [0.1, 0.15) is 10.6 Å². The summed E-state index contributed by atoms with van der Waals surface area (Å²) in [5.41, 5.74) is 5.96. The first kappa shape index (κ1) is 20.0. The molecular weight excluding hydrogens is 402 g/mol. The first-order valence-electron chi connectivity index (χ1n) is 6.98. The standard InChI is InChI=1S/C15H16ClN3O5S2/c1-24-14-8-11(16)3-2-10(14)6-7-25(20,21)19-13-9-12(17)4-5-15(13)26(18,22)23/h2-9,19H,17H2,1H3,(H2,18,22,23)/b7-6+. The van der Waals surface area contributed by atoms with Crippen LogP contribution in [0.3, 0.4) is 0 Å². The Morgan fingerprint density at radius 3 is 2.42 bits per heavy atom. The van der Waals surface area contributed by atoms with E-state index in [-0.39, 0.29) is 11.4 Å². The lowest BCUT2D eigenvalue weighted by atomic mass is 10.2. The van der Waals surface area contributed by atoms with Gasteiger partial charge in [-0.3, -0.25) is 4.72 Å². The Bertz CT molecular complexity index is 1070. The predicted octanol–water partition coefficient (Wildman–Crippen LogP) is 1.99. The van der Waals surface area contributed by atoms with E-state index in [0.717, 1.165) is 17.5 Å². The number of primary sulfonamides is 1. The third-order valence-electron chi connectivity index (χ3n) is 3.18. The van der Waals surface area contributed by atoms with Crippen LogP contribution in [0.5, 0.6) is 5.75 Å².